The van der Waals surface area contributed by atoms with Crippen LogP contribution in [0.5, 0.6) is 0 Å². The van der Waals surface area contributed by atoms with Crippen LogP contribution in [0.3, 0.4) is 0 Å². The maximum absolute atomic E-state index is 10.8. The van der Waals surface area contributed by atoms with Gasteiger partial charge >= 0.3 is 11.9 Å². The molecule has 18 heavy (non-hydrogen) atoms. The SMILES string of the molecule is CCC(C)(C)C(=O)OC.O=C1OC2CCCC1C2. The molecule has 2 fully saturated rings. The molecule has 0 aromatic carbocycles. The van der Waals surface area contributed by atoms with Gasteiger partial charge in [-0.25, -0.2) is 0 Å². The number of carbonyl (C=O) groups excluding carboxylic acids is 2. The van der Waals surface area contributed by atoms with Crippen molar-refractivity contribution in [2.45, 2.75) is 59.0 Å². The summed E-state index contributed by atoms with van der Waals surface area (Å²) in [5.74, 6) is 0.186. The van der Waals surface area contributed by atoms with Crippen LogP contribution < -0.4 is 0 Å². The lowest BCUT2D eigenvalue weighted by Gasteiger charge is -2.17. The summed E-state index contributed by atoms with van der Waals surface area (Å²) in [7, 11) is 1.42. The monoisotopic (exact) mass is 256 g/mol. The molecule has 0 amide bonds. The molecule has 0 aromatic rings. The standard InChI is InChI=1S/C7H10O2.C7H14O2/c8-7-5-2-1-3-6(4-5)9-7;1-5-7(2,3)6(8)9-4/h5-6H,1-4H2;5H2,1-4H3. The van der Waals surface area contributed by atoms with Gasteiger partial charge in [0.1, 0.15) is 6.10 Å². The molecule has 1 heterocycles. The molecular formula is C14H24O4. The fourth-order valence-corrected chi connectivity index (χ4v) is 2.15. The Labute approximate surface area is 109 Å². The largest absolute Gasteiger partial charge is 0.469 e. The van der Waals surface area contributed by atoms with Crippen LogP contribution in [0.15, 0.2) is 0 Å². The highest BCUT2D eigenvalue weighted by atomic mass is 16.6. The van der Waals surface area contributed by atoms with Crippen LogP contribution >= 0.6 is 0 Å². The first kappa shape index (κ1) is 15.0. The third-order valence-corrected chi connectivity index (χ3v) is 3.86. The molecular weight excluding hydrogens is 232 g/mol. The lowest BCUT2D eigenvalue weighted by Crippen LogP contribution is -2.24. The van der Waals surface area contributed by atoms with Crippen molar-refractivity contribution in [2.24, 2.45) is 11.3 Å². The second-order valence-corrected chi connectivity index (χ2v) is 5.65. The average molecular weight is 256 g/mol. The molecule has 0 radical (unpaired) electrons. The van der Waals surface area contributed by atoms with E-state index in [-0.39, 0.29) is 29.4 Å². The minimum absolute atomic E-state index is 0.0532. The molecule has 0 aromatic heterocycles. The quantitative estimate of drug-likeness (QED) is 0.713. The van der Waals surface area contributed by atoms with Gasteiger partial charge in [-0.05, 0) is 46.0 Å². The number of fused-ring (bicyclic) bond motifs is 2. The summed E-state index contributed by atoms with van der Waals surface area (Å²) >= 11 is 0. The molecule has 104 valence electrons. The van der Waals surface area contributed by atoms with Gasteiger partial charge in [-0.3, -0.25) is 9.59 Å². The third-order valence-electron chi connectivity index (χ3n) is 3.86. The molecule has 4 heteroatoms. The molecule has 1 aliphatic heterocycles. The van der Waals surface area contributed by atoms with Crippen LogP contribution in [0.4, 0.5) is 0 Å². The van der Waals surface area contributed by atoms with E-state index < -0.39 is 0 Å². The Morgan fingerprint density at radius 2 is 2.11 bits per heavy atom. The summed E-state index contributed by atoms with van der Waals surface area (Å²) < 4.78 is 9.61. The summed E-state index contributed by atoms with van der Waals surface area (Å²) in [6.45, 7) is 5.72. The molecule has 2 bridgehead atoms. The van der Waals surface area contributed by atoms with Gasteiger partial charge in [-0.15, -0.1) is 0 Å². The summed E-state index contributed by atoms with van der Waals surface area (Å²) in [5.41, 5.74) is -0.311. The van der Waals surface area contributed by atoms with Crippen LogP contribution in [0.2, 0.25) is 0 Å². The van der Waals surface area contributed by atoms with Gasteiger partial charge in [0.05, 0.1) is 18.4 Å². The predicted octanol–water partition coefficient (Wildman–Crippen LogP) is 2.70. The zero-order valence-corrected chi connectivity index (χ0v) is 11.8. The van der Waals surface area contributed by atoms with E-state index in [2.05, 4.69) is 4.74 Å². The van der Waals surface area contributed by atoms with Crippen molar-refractivity contribution in [3.63, 3.8) is 0 Å². The van der Waals surface area contributed by atoms with E-state index in [9.17, 15) is 9.59 Å². The van der Waals surface area contributed by atoms with E-state index in [1.165, 1.54) is 13.5 Å². The van der Waals surface area contributed by atoms with Crippen molar-refractivity contribution in [1.29, 1.82) is 0 Å². The topological polar surface area (TPSA) is 52.6 Å². The first-order valence-electron chi connectivity index (χ1n) is 6.69. The highest BCUT2D eigenvalue weighted by Gasteiger charge is 2.37. The van der Waals surface area contributed by atoms with E-state index in [1.807, 2.05) is 20.8 Å². The van der Waals surface area contributed by atoms with Gasteiger partial charge in [-0.2, -0.15) is 0 Å². The molecule has 4 nitrogen and oxygen atoms in total. The molecule has 0 spiro atoms. The smallest absolute Gasteiger partial charge is 0.311 e. The number of methoxy groups -OCH3 is 1. The molecule has 2 rings (SSSR count). The van der Waals surface area contributed by atoms with Crippen molar-refractivity contribution < 1.29 is 19.1 Å². The lowest BCUT2D eigenvalue weighted by molar-refractivity contribution is -0.150. The number of hydrogen-bond acceptors (Lipinski definition) is 4. The molecule has 2 unspecified atom stereocenters. The maximum atomic E-state index is 10.8. The van der Waals surface area contributed by atoms with Crippen molar-refractivity contribution in [2.75, 3.05) is 7.11 Å². The van der Waals surface area contributed by atoms with Crippen molar-refractivity contribution >= 4 is 11.9 Å². The summed E-state index contributed by atoms with van der Waals surface area (Å²) in [6, 6.07) is 0. The Balaban J connectivity index is 0.000000180. The van der Waals surface area contributed by atoms with Gasteiger partial charge in [0, 0.05) is 0 Å². The fraction of sp³-hybridized carbons (Fsp3) is 0.857. The molecule has 1 aliphatic carbocycles. The van der Waals surface area contributed by atoms with E-state index in [0.29, 0.717) is 0 Å². The number of ether oxygens (including phenoxy) is 2. The van der Waals surface area contributed by atoms with Crippen molar-refractivity contribution in [1.82, 2.24) is 0 Å². The molecule has 0 N–H and O–H groups in total. The first-order chi connectivity index (χ1) is 8.40. The maximum Gasteiger partial charge on any atom is 0.311 e. The first-order valence-corrected chi connectivity index (χ1v) is 6.69. The Hall–Kier alpha value is -1.06. The highest BCUT2D eigenvalue weighted by Crippen LogP contribution is 2.33. The molecule has 2 atom stereocenters. The van der Waals surface area contributed by atoms with Gasteiger partial charge in [-0.1, -0.05) is 6.92 Å². The Bertz CT molecular complexity index is 309. The van der Waals surface area contributed by atoms with Gasteiger partial charge in [0.25, 0.3) is 0 Å². The van der Waals surface area contributed by atoms with Crippen LogP contribution in [-0.4, -0.2) is 25.2 Å². The van der Waals surface area contributed by atoms with E-state index in [1.54, 1.807) is 0 Å². The summed E-state index contributed by atoms with van der Waals surface area (Å²) in [5, 5.41) is 0. The summed E-state index contributed by atoms with van der Waals surface area (Å²) in [6.07, 6.45) is 5.45. The van der Waals surface area contributed by atoms with Crippen molar-refractivity contribution in [3.05, 3.63) is 0 Å². The van der Waals surface area contributed by atoms with Gasteiger partial charge < -0.3 is 9.47 Å². The molecule has 1 saturated heterocycles. The number of carbonyl (C=O) groups is 2. The minimum Gasteiger partial charge on any atom is -0.469 e. The van der Waals surface area contributed by atoms with Crippen LogP contribution in [0.1, 0.15) is 52.9 Å². The van der Waals surface area contributed by atoms with Gasteiger partial charge in [0.15, 0.2) is 0 Å². The molecule has 1 saturated carbocycles. The lowest BCUT2D eigenvalue weighted by atomic mass is 9.90. The Morgan fingerprint density at radius 3 is 2.50 bits per heavy atom. The van der Waals surface area contributed by atoms with Crippen LogP contribution in [0.25, 0.3) is 0 Å². The number of esters is 2. The predicted molar refractivity (Wildman–Crippen MR) is 67.9 cm³/mol. The van der Waals surface area contributed by atoms with Crippen LogP contribution in [0, 0.1) is 11.3 Å². The van der Waals surface area contributed by atoms with Crippen LogP contribution in [-0.2, 0) is 19.1 Å². The van der Waals surface area contributed by atoms with E-state index in [0.717, 1.165) is 25.7 Å². The Kier molecular flexibility index (Phi) is 5.17. The van der Waals surface area contributed by atoms with Gasteiger partial charge in [0.2, 0.25) is 0 Å². The third kappa shape index (κ3) is 3.72. The second kappa shape index (κ2) is 6.21. The summed E-state index contributed by atoms with van der Waals surface area (Å²) in [4.78, 5) is 21.7. The van der Waals surface area contributed by atoms with E-state index >= 15 is 0 Å². The average Bonchev–Trinajstić information content (AvgIpc) is 2.62. The highest BCUT2D eigenvalue weighted by molar-refractivity contribution is 5.75. The zero-order chi connectivity index (χ0) is 13.8. The van der Waals surface area contributed by atoms with E-state index in [4.69, 9.17) is 4.74 Å². The normalized spacial score (nSPS) is 25.9. The second-order valence-electron chi connectivity index (χ2n) is 5.65. The zero-order valence-electron chi connectivity index (χ0n) is 11.8. The minimum atomic E-state index is -0.311. The number of hydrogen-bond donors (Lipinski definition) is 0. The Morgan fingerprint density at radius 1 is 1.44 bits per heavy atom. The fourth-order valence-electron chi connectivity index (χ4n) is 2.15. The van der Waals surface area contributed by atoms with Crippen molar-refractivity contribution in [3.8, 4) is 0 Å². The number of rotatable bonds is 2. The molecule has 2 aliphatic rings.